The van der Waals surface area contributed by atoms with Crippen molar-refractivity contribution in [3.05, 3.63) is 39.9 Å². The van der Waals surface area contributed by atoms with Gasteiger partial charge in [-0.25, -0.2) is 4.39 Å². The number of nitro benzene ring substituents is 1. The van der Waals surface area contributed by atoms with Crippen LogP contribution < -0.4 is 0 Å². The summed E-state index contributed by atoms with van der Waals surface area (Å²) >= 11 is 0. The first-order chi connectivity index (χ1) is 5.91. The maximum absolute atomic E-state index is 13.3. The monoisotopic (exact) mass is 183 g/mol. The number of halogens is 1. The molecule has 0 fully saturated rings. The van der Waals surface area contributed by atoms with Crippen molar-refractivity contribution in [3.63, 3.8) is 0 Å². The van der Waals surface area contributed by atoms with Crippen molar-refractivity contribution in [3.8, 4) is 0 Å². The predicted octanol–water partition coefficient (Wildman–Crippen LogP) is 2.80. The van der Waals surface area contributed by atoms with Crippen LogP contribution in [0.25, 0.3) is 0 Å². The third-order valence-corrected chi connectivity index (χ3v) is 1.76. The molecular weight excluding hydrogens is 173 g/mol. The van der Waals surface area contributed by atoms with Gasteiger partial charge in [0.1, 0.15) is 5.67 Å². The second-order valence-electron chi connectivity index (χ2n) is 3.28. The second-order valence-corrected chi connectivity index (χ2v) is 3.28. The van der Waals surface area contributed by atoms with E-state index >= 15 is 0 Å². The molecule has 0 N–H and O–H groups in total. The number of rotatable bonds is 2. The van der Waals surface area contributed by atoms with Crippen LogP contribution in [0.2, 0.25) is 0 Å². The zero-order valence-corrected chi connectivity index (χ0v) is 7.45. The molecule has 3 nitrogen and oxygen atoms in total. The topological polar surface area (TPSA) is 43.1 Å². The molecule has 0 aliphatic rings. The Balaban J connectivity index is 3.01. The van der Waals surface area contributed by atoms with Gasteiger partial charge in [0.05, 0.1) is 4.92 Å². The highest BCUT2D eigenvalue weighted by atomic mass is 19.1. The first kappa shape index (κ1) is 9.64. The Morgan fingerprint density at radius 1 is 1.31 bits per heavy atom. The smallest absolute Gasteiger partial charge is 0.258 e. The molecule has 1 rings (SSSR count). The van der Waals surface area contributed by atoms with Crippen molar-refractivity contribution < 1.29 is 9.31 Å². The summed E-state index contributed by atoms with van der Waals surface area (Å²) in [5, 5.41) is 10.3. The van der Waals surface area contributed by atoms with Crippen molar-refractivity contribution >= 4 is 5.69 Å². The Bertz CT molecular complexity index is 313. The Morgan fingerprint density at radius 2 is 1.77 bits per heavy atom. The summed E-state index contributed by atoms with van der Waals surface area (Å²) in [6.45, 7) is 2.82. The molecule has 13 heavy (non-hydrogen) atoms. The summed E-state index contributed by atoms with van der Waals surface area (Å²) in [5.41, 5.74) is -1.03. The number of nitro groups is 1. The molecule has 0 unspecified atom stereocenters. The first-order valence-electron chi connectivity index (χ1n) is 3.85. The van der Waals surface area contributed by atoms with Crippen LogP contribution >= 0.6 is 0 Å². The van der Waals surface area contributed by atoms with E-state index in [0.29, 0.717) is 5.56 Å². The highest BCUT2D eigenvalue weighted by Crippen LogP contribution is 2.25. The molecule has 0 aromatic heterocycles. The van der Waals surface area contributed by atoms with E-state index in [9.17, 15) is 14.5 Å². The molecule has 0 bridgehead atoms. The summed E-state index contributed by atoms with van der Waals surface area (Å²) in [6, 6.07) is 5.46. The van der Waals surface area contributed by atoms with Crippen molar-refractivity contribution in [2.24, 2.45) is 0 Å². The molecule has 0 saturated carbocycles. The zero-order valence-electron chi connectivity index (χ0n) is 7.45. The number of nitrogens with zero attached hydrogens (tertiary/aromatic N) is 1. The lowest BCUT2D eigenvalue weighted by Gasteiger charge is -2.13. The number of hydrogen-bond donors (Lipinski definition) is 0. The van der Waals surface area contributed by atoms with Crippen LogP contribution in [0.1, 0.15) is 19.4 Å². The van der Waals surface area contributed by atoms with Gasteiger partial charge in [0, 0.05) is 12.1 Å². The van der Waals surface area contributed by atoms with Crippen LogP contribution in [0.15, 0.2) is 24.3 Å². The number of non-ortho nitro benzene ring substituents is 1. The van der Waals surface area contributed by atoms with E-state index in [-0.39, 0.29) is 5.69 Å². The maximum Gasteiger partial charge on any atom is 0.269 e. The third-order valence-electron chi connectivity index (χ3n) is 1.76. The number of hydrogen-bond acceptors (Lipinski definition) is 2. The lowest BCUT2D eigenvalue weighted by Crippen LogP contribution is -2.08. The van der Waals surface area contributed by atoms with E-state index in [4.69, 9.17) is 0 Å². The lowest BCUT2D eigenvalue weighted by atomic mass is 10.0. The molecular formula is C9H10FNO2. The molecule has 0 radical (unpaired) electrons. The quantitative estimate of drug-likeness (QED) is 0.522. The molecule has 0 atom stereocenters. The van der Waals surface area contributed by atoms with Gasteiger partial charge in [-0.3, -0.25) is 10.1 Å². The van der Waals surface area contributed by atoms with E-state index in [0.717, 1.165) is 0 Å². The normalized spacial score (nSPS) is 11.3. The van der Waals surface area contributed by atoms with Crippen molar-refractivity contribution in [1.29, 1.82) is 0 Å². The average Bonchev–Trinajstić information content (AvgIpc) is 2.03. The van der Waals surface area contributed by atoms with Crippen molar-refractivity contribution in [2.75, 3.05) is 0 Å². The molecule has 0 heterocycles. The van der Waals surface area contributed by atoms with Crippen LogP contribution in [-0.4, -0.2) is 4.92 Å². The van der Waals surface area contributed by atoms with Crippen LogP contribution in [0.5, 0.6) is 0 Å². The number of alkyl halides is 1. The number of benzene rings is 1. The molecule has 70 valence electrons. The van der Waals surface area contributed by atoms with Crippen LogP contribution in [0, 0.1) is 10.1 Å². The Hall–Kier alpha value is -1.45. The molecule has 0 aliphatic heterocycles. The van der Waals surface area contributed by atoms with Gasteiger partial charge in [0.2, 0.25) is 0 Å². The molecule has 4 heteroatoms. The summed E-state index contributed by atoms with van der Waals surface area (Å²) in [7, 11) is 0. The van der Waals surface area contributed by atoms with E-state index < -0.39 is 10.6 Å². The third kappa shape index (κ3) is 2.24. The minimum absolute atomic E-state index is 0.0204. The summed E-state index contributed by atoms with van der Waals surface area (Å²) in [6.07, 6.45) is 0. The minimum atomic E-state index is -1.45. The predicted molar refractivity (Wildman–Crippen MR) is 47.2 cm³/mol. The largest absolute Gasteiger partial charge is 0.269 e. The molecule has 0 aliphatic carbocycles. The molecule has 1 aromatic rings. The molecule has 1 aromatic carbocycles. The van der Waals surface area contributed by atoms with Crippen LogP contribution in [0.3, 0.4) is 0 Å². The maximum atomic E-state index is 13.3. The lowest BCUT2D eigenvalue weighted by molar-refractivity contribution is -0.384. The first-order valence-corrected chi connectivity index (χ1v) is 3.85. The fourth-order valence-corrected chi connectivity index (χ4v) is 0.979. The van der Waals surface area contributed by atoms with Crippen LogP contribution in [0.4, 0.5) is 10.1 Å². The van der Waals surface area contributed by atoms with E-state index in [1.165, 1.54) is 38.1 Å². The molecule has 0 spiro atoms. The Labute approximate surface area is 75.3 Å². The van der Waals surface area contributed by atoms with Gasteiger partial charge in [-0.05, 0) is 31.5 Å². The summed E-state index contributed by atoms with van der Waals surface area (Å²) in [5.74, 6) is 0. The standard InChI is InChI=1S/C9H10FNO2/c1-9(2,10)7-3-5-8(6-4-7)11(12)13/h3-6H,1-2H3. The summed E-state index contributed by atoms with van der Waals surface area (Å²) < 4.78 is 13.3. The Kier molecular flexibility index (Phi) is 2.32. The van der Waals surface area contributed by atoms with Gasteiger partial charge in [-0.2, -0.15) is 0 Å². The van der Waals surface area contributed by atoms with Gasteiger partial charge in [-0.1, -0.05) is 0 Å². The fraction of sp³-hybridized carbons (Fsp3) is 0.333. The fourth-order valence-electron chi connectivity index (χ4n) is 0.979. The van der Waals surface area contributed by atoms with Gasteiger partial charge >= 0.3 is 0 Å². The van der Waals surface area contributed by atoms with Gasteiger partial charge in [0.25, 0.3) is 5.69 Å². The van der Waals surface area contributed by atoms with E-state index in [1.54, 1.807) is 0 Å². The summed E-state index contributed by atoms with van der Waals surface area (Å²) in [4.78, 5) is 9.77. The molecule has 0 amide bonds. The average molecular weight is 183 g/mol. The minimum Gasteiger partial charge on any atom is -0.258 e. The highest BCUT2D eigenvalue weighted by Gasteiger charge is 2.19. The van der Waals surface area contributed by atoms with E-state index in [2.05, 4.69) is 0 Å². The highest BCUT2D eigenvalue weighted by molar-refractivity contribution is 5.34. The van der Waals surface area contributed by atoms with Gasteiger partial charge in [-0.15, -0.1) is 0 Å². The second kappa shape index (κ2) is 3.12. The van der Waals surface area contributed by atoms with E-state index in [1.807, 2.05) is 0 Å². The Morgan fingerprint density at radius 3 is 2.08 bits per heavy atom. The SMILES string of the molecule is CC(C)(F)c1ccc([N+](=O)[O-])cc1. The van der Waals surface area contributed by atoms with Crippen molar-refractivity contribution in [1.82, 2.24) is 0 Å². The van der Waals surface area contributed by atoms with Gasteiger partial charge in [0.15, 0.2) is 0 Å². The van der Waals surface area contributed by atoms with Gasteiger partial charge < -0.3 is 0 Å². The van der Waals surface area contributed by atoms with Crippen LogP contribution in [-0.2, 0) is 5.67 Å². The molecule has 0 saturated heterocycles. The zero-order chi connectivity index (χ0) is 10.1. The van der Waals surface area contributed by atoms with Crippen molar-refractivity contribution in [2.45, 2.75) is 19.5 Å².